The number of carbonyl (C=O) groups excluding carboxylic acids is 5. The molecule has 6 heterocycles. The minimum Gasteiger partial charge on any atom is -0.508 e. The summed E-state index contributed by atoms with van der Waals surface area (Å²) in [6.45, 7) is 16.7. The number of aliphatic hydroxyl groups excluding tert-OH is 2. The highest BCUT2D eigenvalue weighted by Crippen LogP contribution is 2.44. The number of carbonyl (C=O) groups is 5. The fraction of sp³-hybridized carbons (Fsp3) is 0.391. The number of methoxy groups -OCH3 is 3. The van der Waals surface area contributed by atoms with Crippen molar-refractivity contribution in [1.29, 1.82) is 0 Å². The van der Waals surface area contributed by atoms with E-state index in [1.54, 1.807) is 55.5 Å². The normalized spacial score (nSPS) is 15.3. The van der Waals surface area contributed by atoms with Gasteiger partial charge in [0.25, 0.3) is 17.7 Å². The number of para-hydroxylation sites is 3. The first kappa shape index (κ1) is 86.5. The number of hydrogen-bond donors (Lipinski definition) is 3. The van der Waals surface area contributed by atoms with Gasteiger partial charge < -0.3 is 67.8 Å². The topological polar surface area (TPSA) is 282 Å². The van der Waals surface area contributed by atoms with E-state index in [0.29, 0.717) is 142 Å². The molecule has 3 atom stereocenters. The van der Waals surface area contributed by atoms with Gasteiger partial charge in [0.1, 0.15) is 24.7 Å². The quantitative estimate of drug-likeness (QED) is 0.0254. The summed E-state index contributed by atoms with van der Waals surface area (Å²) in [5.41, 5.74) is 15.9. The number of aliphatic hydroxyl groups is 2. The van der Waals surface area contributed by atoms with Crippen molar-refractivity contribution in [3.05, 3.63) is 212 Å². The zero-order chi connectivity index (χ0) is 82.9. The Kier molecular flexibility index (Phi) is 31.4. The molecule has 0 fully saturated rings. The molecule has 14 rings (SSSR count). The Morgan fingerprint density at radius 1 is 0.453 bits per heavy atom. The predicted molar refractivity (Wildman–Crippen MR) is 455 cm³/mol. The van der Waals surface area contributed by atoms with E-state index in [0.717, 1.165) is 106 Å². The van der Waals surface area contributed by atoms with E-state index >= 15 is 0 Å². The van der Waals surface area contributed by atoms with Crippen LogP contribution in [0.5, 0.6) is 23.0 Å². The molecule has 8 aromatic carbocycles. The van der Waals surface area contributed by atoms with Gasteiger partial charge in [-0.2, -0.15) is 0 Å². The van der Waals surface area contributed by atoms with Crippen LogP contribution in [0.2, 0.25) is 0 Å². The van der Waals surface area contributed by atoms with Crippen molar-refractivity contribution < 1.29 is 81.9 Å². The van der Waals surface area contributed by atoms with Gasteiger partial charge in [-0.05, 0) is 156 Å². The molecule has 0 saturated heterocycles. The van der Waals surface area contributed by atoms with Crippen LogP contribution in [0, 0.1) is 13.8 Å². The lowest BCUT2D eigenvalue weighted by Gasteiger charge is -2.26. The van der Waals surface area contributed by atoms with Crippen LogP contribution in [-0.4, -0.2) is 183 Å². The maximum atomic E-state index is 14.1. The maximum absolute atomic E-state index is 14.1. The predicted octanol–water partition coefficient (Wildman–Crippen LogP) is 14.4. The molecule has 3 N–H and O–H groups in total. The molecule has 0 bridgehead atoms. The highest BCUT2D eigenvalue weighted by atomic mass is 16.5. The molecule has 117 heavy (non-hydrogen) atoms. The van der Waals surface area contributed by atoms with Crippen LogP contribution in [-0.2, 0) is 83.7 Å². The third-order valence-electron chi connectivity index (χ3n) is 20.7. The highest BCUT2D eigenvalue weighted by Gasteiger charge is 2.40. The van der Waals surface area contributed by atoms with Gasteiger partial charge in [0.15, 0.2) is 11.5 Å². The van der Waals surface area contributed by atoms with E-state index in [9.17, 15) is 39.3 Å². The zero-order valence-corrected chi connectivity index (χ0v) is 68.4. The third-order valence-corrected chi connectivity index (χ3v) is 20.7. The number of aryl methyl sites for hydroxylation is 2. The van der Waals surface area contributed by atoms with E-state index < -0.39 is 0 Å². The molecule has 0 aliphatic carbocycles. The Morgan fingerprint density at radius 3 is 1.33 bits per heavy atom. The lowest BCUT2D eigenvalue weighted by atomic mass is 10.1. The van der Waals surface area contributed by atoms with Crippen molar-refractivity contribution in [2.45, 2.75) is 137 Å². The second-order valence-electron chi connectivity index (χ2n) is 29.1. The smallest absolute Gasteiger partial charge is 0.305 e. The standard InChI is InChI=1S/C54H57N5O9.C17H14N2O2.C16H27NO4.C5H10O2/c1-5-18-65-20-21-66-19-17-57(16-10-15-52(60)64-4)40-24-36(33-67-49-29-45-43(22-35(49)2)53(61)58-41(31-55-45)26-38-11-6-8-13-47(38)58)23-37(25-40)34-68-51-30-46-44(28-50(51)63-3)54(62)59-42(32-56-46)27-39-12-7-9-14-48(39)59;1-10-6-13-14(8-16(10)20)18-9-12-7-11-4-2-3-5-15(11)19(12)17(13)21;1-3-5-20-7-8-21-6-4-17(2)16-10-14(12-18)9-15(11-16)13-19;1-3-4-5(6)7-2/h6-9,11-14,22-25,28-32,41-42H,5,10,15-21,26-27,33-34H2,1-4H3;2-6,8-9,12,20H,7H2,1H3;9-11,18-19H,3-8,12-13H2,1-2H3;3-4H2,1-2H3/t41-,42-;12-;;/m00../s1. The van der Waals surface area contributed by atoms with E-state index in [-0.39, 0.29) is 86.4 Å². The summed E-state index contributed by atoms with van der Waals surface area (Å²) in [6.07, 6.45) is 11.9. The number of benzene rings is 8. The van der Waals surface area contributed by atoms with Crippen molar-refractivity contribution in [2.75, 3.05) is 125 Å². The van der Waals surface area contributed by atoms with Crippen LogP contribution in [0.25, 0.3) is 0 Å². The van der Waals surface area contributed by atoms with Crippen LogP contribution in [0.15, 0.2) is 161 Å². The molecular weight excluding hydrogens is 1490 g/mol. The summed E-state index contributed by atoms with van der Waals surface area (Å²) >= 11 is 0. The van der Waals surface area contributed by atoms with Crippen molar-refractivity contribution >= 4 is 93.8 Å². The van der Waals surface area contributed by atoms with E-state index in [4.69, 9.17) is 47.9 Å². The fourth-order valence-electron chi connectivity index (χ4n) is 14.6. The molecule has 0 unspecified atom stereocenters. The van der Waals surface area contributed by atoms with E-state index in [1.165, 1.54) is 19.8 Å². The van der Waals surface area contributed by atoms with Gasteiger partial charge in [-0.1, -0.05) is 81.4 Å². The largest absolute Gasteiger partial charge is 0.508 e. The van der Waals surface area contributed by atoms with Gasteiger partial charge in [-0.15, -0.1) is 0 Å². The minimum absolute atomic E-state index is 0.0278. The van der Waals surface area contributed by atoms with E-state index in [2.05, 4.69) is 46.7 Å². The van der Waals surface area contributed by atoms with Crippen molar-refractivity contribution in [3.63, 3.8) is 0 Å². The Balaban J connectivity index is 0.000000220. The minimum atomic E-state index is -0.274. The number of ether oxygens (including phenoxy) is 9. The summed E-state index contributed by atoms with van der Waals surface area (Å²) in [5.74, 6) is 0.949. The number of aromatic hydroxyl groups is 1. The molecule has 25 heteroatoms. The molecule has 0 saturated carbocycles. The molecular formula is C92H108N8O17. The number of anilines is 5. The Hall–Kier alpha value is -11.3. The van der Waals surface area contributed by atoms with Gasteiger partial charge in [-0.3, -0.25) is 53.6 Å². The fourth-order valence-corrected chi connectivity index (χ4v) is 14.6. The number of fused-ring (bicyclic) bond motifs is 12. The van der Waals surface area contributed by atoms with Crippen molar-refractivity contribution in [1.82, 2.24) is 0 Å². The first-order valence-electron chi connectivity index (χ1n) is 40.1. The summed E-state index contributed by atoms with van der Waals surface area (Å²) in [4.78, 5) is 87.2. The van der Waals surface area contributed by atoms with Crippen LogP contribution in [0.4, 0.5) is 45.5 Å². The number of phenols is 1. The summed E-state index contributed by atoms with van der Waals surface area (Å²) < 4.78 is 50.8. The van der Waals surface area contributed by atoms with Gasteiger partial charge in [0, 0.05) is 137 Å². The summed E-state index contributed by atoms with van der Waals surface area (Å²) in [5, 5.41) is 28.3. The molecule has 25 nitrogen and oxygen atoms in total. The maximum Gasteiger partial charge on any atom is 0.305 e. The van der Waals surface area contributed by atoms with Crippen LogP contribution < -0.4 is 38.7 Å². The Morgan fingerprint density at radius 2 is 0.872 bits per heavy atom. The number of amides is 3. The SMILES string of the molecule is CCCC(=O)OC.CCCOCCOCCN(C)c1cc(CO)cc(CO)c1.CCCOCCOCCN(CCCC(=O)OC)c1cc(COc2cc3c(cc2C)C(=O)N2c4ccccc4C[C@H]2C=N3)cc(COc2cc3c(cc2OC)C(=O)N2c4ccccc4C[C@H]2C=N3)c1.Cc1cc2c(cc1O)N=C[C@@H]1Cc3ccccc3N1C2=O. The summed E-state index contributed by atoms with van der Waals surface area (Å²) in [7, 11) is 6.32. The second-order valence-corrected chi connectivity index (χ2v) is 29.1. The average molecular weight is 1600 g/mol. The molecule has 6 aliphatic heterocycles. The van der Waals surface area contributed by atoms with Gasteiger partial charge in [0.2, 0.25) is 0 Å². The molecule has 8 aromatic rings. The van der Waals surface area contributed by atoms with Crippen LogP contribution in [0.3, 0.4) is 0 Å². The van der Waals surface area contributed by atoms with Crippen LogP contribution in [0.1, 0.15) is 140 Å². The van der Waals surface area contributed by atoms with Gasteiger partial charge in [-0.25, -0.2) is 0 Å². The number of rotatable bonds is 33. The van der Waals surface area contributed by atoms with E-state index in [1.807, 2.05) is 145 Å². The lowest BCUT2D eigenvalue weighted by Crippen LogP contribution is -2.37. The third kappa shape index (κ3) is 22.1. The van der Waals surface area contributed by atoms with Gasteiger partial charge in [0.05, 0.1) is 126 Å². The zero-order valence-electron chi connectivity index (χ0n) is 68.4. The monoisotopic (exact) mass is 1600 g/mol. The van der Waals surface area contributed by atoms with Crippen LogP contribution >= 0.6 is 0 Å². The summed E-state index contributed by atoms with van der Waals surface area (Å²) in [6, 6.07) is 45.8. The Labute approximate surface area is 685 Å². The number of hydrogen-bond acceptors (Lipinski definition) is 22. The molecule has 0 radical (unpaired) electrons. The molecule has 6 aliphatic rings. The second kappa shape index (κ2) is 42.5. The molecule has 0 aromatic heterocycles. The highest BCUT2D eigenvalue weighted by molar-refractivity contribution is 6.17. The first-order valence-corrected chi connectivity index (χ1v) is 40.1. The van der Waals surface area contributed by atoms with Gasteiger partial charge >= 0.3 is 11.9 Å². The molecule has 3 amide bonds. The number of nitrogens with zero attached hydrogens (tertiary/aromatic N) is 8. The average Bonchev–Trinajstić information content (AvgIpc) is 1.63. The lowest BCUT2D eigenvalue weighted by molar-refractivity contribution is -0.141. The molecule has 618 valence electrons. The number of esters is 2. The number of aliphatic imine (C=N–C) groups is 3. The molecule has 0 spiro atoms. The van der Waals surface area contributed by atoms with Crippen molar-refractivity contribution in [3.8, 4) is 23.0 Å². The Bertz CT molecular complexity index is 4850. The number of likely N-dealkylation sites (N-methyl/N-ethyl adjacent to an activating group) is 1. The first-order chi connectivity index (χ1) is 56.9. The number of phenolic OH excluding ortho intramolecular Hbond substituents is 1. The van der Waals surface area contributed by atoms with Crippen molar-refractivity contribution in [2.24, 2.45) is 15.0 Å².